The highest BCUT2D eigenvalue weighted by molar-refractivity contribution is 7.85. The third kappa shape index (κ3) is 6.53. The lowest BCUT2D eigenvalue weighted by molar-refractivity contribution is 0.0262. The van der Waals surface area contributed by atoms with E-state index in [2.05, 4.69) is 36.1 Å². The van der Waals surface area contributed by atoms with E-state index in [9.17, 15) is 9.00 Å². The van der Waals surface area contributed by atoms with Gasteiger partial charge in [0, 0.05) is 29.9 Å². The number of rotatable bonds is 7. The standard InChI is InChI=1S/C28H35N3O5S/c1-28(2,3)18-16-23(26(34-4)24(17-18)31-37(5)33)30-27(32)29-22-10-11-25(21-9-7-6-8-20(21)22)36-19-12-14-35-15-13-19/h6-11,16-17,19,31H,12-15H2,1-5H3,(H2,29,30,32). The van der Waals surface area contributed by atoms with E-state index in [0.717, 1.165) is 34.9 Å². The molecule has 0 aromatic heterocycles. The molecule has 1 fully saturated rings. The minimum absolute atomic E-state index is 0.113. The van der Waals surface area contributed by atoms with Crippen LogP contribution in [0, 0.1) is 0 Å². The molecular weight excluding hydrogens is 490 g/mol. The lowest BCUT2D eigenvalue weighted by atomic mass is 9.86. The predicted octanol–water partition coefficient (Wildman–Crippen LogP) is 6.05. The van der Waals surface area contributed by atoms with E-state index < -0.39 is 17.0 Å². The molecular formula is C28H35N3O5S. The average molecular weight is 526 g/mol. The van der Waals surface area contributed by atoms with E-state index in [4.69, 9.17) is 14.2 Å². The second-order valence-corrected chi connectivity index (χ2v) is 11.2. The third-order valence-electron chi connectivity index (χ3n) is 6.26. The Morgan fingerprint density at radius 1 is 0.973 bits per heavy atom. The number of methoxy groups -OCH3 is 1. The van der Waals surface area contributed by atoms with Crippen LogP contribution in [0.1, 0.15) is 39.2 Å². The predicted molar refractivity (Wildman–Crippen MR) is 150 cm³/mol. The second-order valence-electron chi connectivity index (χ2n) is 10.1. The molecule has 1 aliphatic heterocycles. The molecule has 1 unspecified atom stereocenters. The van der Waals surface area contributed by atoms with Crippen LogP contribution in [0.25, 0.3) is 10.8 Å². The summed E-state index contributed by atoms with van der Waals surface area (Å²) < 4.78 is 32.2. The van der Waals surface area contributed by atoms with E-state index >= 15 is 0 Å². The molecule has 3 aromatic rings. The lowest BCUT2D eigenvalue weighted by Gasteiger charge is -2.24. The minimum atomic E-state index is -1.31. The topological polar surface area (TPSA) is 97.9 Å². The smallest absolute Gasteiger partial charge is 0.323 e. The van der Waals surface area contributed by atoms with Gasteiger partial charge in [-0.1, -0.05) is 45.0 Å². The van der Waals surface area contributed by atoms with Gasteiger partial charge in [0.15, 0.2) is 5.75 Å². The van der Waals surface area contributed by atoms with Crippen LogP contribution in [-0.2, 0) is 21.1 Å². The van der Waals surface area contributed by atoms with Gasteiger partial charge in [-0.15, -0.1) is 0 Å². The fourth-order valence-corrected chi connectivity index (χ4v) is 4.80. The first-order chi connectivity index (χ1) is 17.7. The van der Waals surface area contributed by atoms with Crippen LogP contribution in [0.5, 0.6) is 11.5 Å². The van der Waals surface area contributed by atoms with E-state index in [1.807, 2.05) is 48.5 Å². The summed E-state index contributed by atoms with van der Waals surface area (Å²) in [6.07, 6.45) is 3.37. The first kappa shape index (κ1) is 26.8. The van der Waals surface area contributed by atoms with Crippen LogP contribution in [0.3, 0.4) is 0 Å². The number of urea groups is 1. The number of amides is 2. The van der Waals surface area contributed by atoms with Crippen molar-refractivity contribution in [1.29, 1.82) is 0 Å². The summed E-state index contributed by atoms with van der Waals surface area (Å²) in [6.45, 7) is 7.62. The van der Waals surface area contributed by atoms with Gasteiger partial charge >= 0.3 is 6.03 Å². The fraction of sp³-hybridized carbons (Fsp3) is 0.393. The monoisotopic (exact) mass is 525 g/mol. The van der Waals surface area contributed by atoms with Gasteiger partial charge in [0.05, 0.1) is 37.4 Å². The molecule has 198 valence electrons. The van der Waals surface area contributed by atoms with Crippen molar-refractivity contribution in [2.24, 2.45) is 0 Å². The van der Waals surface area contributed by atoms with Crippen molar-refractivity contribution in [3.05, 3.63) is 54.1 Å². The molecule has 37 heavy (non-hydrogen) atoms. The van der Waals surface area contributed by atoms with Gasteiger partial charge in [-0.2, -0.15) is 0 Å². The number of ether oxygens (including phenoxy) is 3. The number of benzene rings is 3. The van der Waals surface area contributed by atoms with Crippen LogP contribution in [-0.4, -0.2) is 42.9 Å². The van der Waals surface area contributed by atoms with Crippen molar-refractivity contribution in [3.63, 3.8) is 0 Å². The Bertz CT molecular complexity index is 1300. The second kappa shape index (κ2) is 11.4. The zero-order chi connectivity index (χ0) is 26.6. The van der Waals surface area contributed by atoms with Gasteiger partial charge in [-0.25, -0.2) is 9.00 Å². The zero-order valence-corrected chi connectivity index (χ0v) is 22.8. The maximum atomic E-state index is 13.2. The van der Waals surface area contributed by atoms with Crippen LogP contribution in [0.15, 0.2) is 48.5 Å². The number of carbonyl (C=O) groups is 1. The van der Waals surface area contributed by atoms with Crippen molar-refractivity contribution in [1.82, 2.24) is 0 Å². The SMILES string of the molecule is COc1c(NC(=O)Nc2ccc(OC3CCOCC3)c3ccccc23)cc(C(C)(C)C)cc1NS(C)=O. The molecule has 0 saturated carbocycles. The van der Waals surface area contributed by atoms with Crippen LogP contribution in [0.4, 0.5) is 21.9 Å². The van der Waals surface area contributed by atoms with Crippen LogP contribution < -0.4 is 24.8 Å². The largest absolute Gasteiger partial charge is 0.492 e. The highest BCUT2D eigenvalue weighted by Gasteiger charge is 2.22. The molecule has 1 saturated heterocycles. The van der Waals surface area contributed by atoms with Gasteiger partial charge in [0.2, 0.25) is 0 Å². The Morgan fingerprint density at radius 2 is 1.62 bits per heavy atom. The highest BCUT2D eigenvalue weighted by atomic mass is 32.2. The van der Waals surface area contributed by atoms with E-state index in [0.29, 0.717) is 36.0 Å². The van der Waals surface area contributed by atoms with Crippen molar-refractivity contribution in [2.75, 3.05) is 41.9 Å². The molecule has 2 amide bonds. The number of hydrogen-bond donors (Lipinski definition) is 3. The summed E-state index contributed by atoms with van der Waals surface area (Å²) in [5, 5.41) is 7.70. The summed E-state index contributed by atoms with van der Waals surface area (Å²) in [7, 11) is 0.203. The van der Waals surface area contributed by atoms with Gasteiger partial charge in [0.25, 0.3) is 0 Å². The lowest BCUT2D eigenvalue weighted by Crippen LogP contribution is -2.26. The zero-order valence-electron chi connectivity index (χ0n) is 22.0. The molecule has 1 heterocycles. The normalized spacial score (nSPS) is 15.2. The van der Waals surface area contributed by atoms with E-state index in [-0.39, 0.29) is 11.5 Å². The van der Waals surface area contributed by atoms with Crippen LogP contribution in [0.2, 0.25) is 0 Å². The molecule has 3 aromatic carbocycles. The quantitative estimate of drug-likeness (QED) is 0.349. The number of hydrogen-bond acceptors (Lipinski definition) is 5. The van der Waals surface area contributed by atoms with Gasteiger partial charge in [0.1, 0.15) is 22.8 Å². The Kier molecular flexibility index (Phi) is 8.24. The highest BCUT2D eigenvalue weighted by Crippen LogP contribution is 2.39. The van der Waals surface area contributed by atoms with E-state index in [1.165, 1.54) is 7.11 Å². The number of anilines is 3. The molecule has 0 aliphatic carbocycles. The molecule has 0 spiro atoms. The Hall–Kier alpha value is -3.30. The molecule has 1 atom stereocenters. The summed E-state index contributed by atoms with van der Waals surface area (Å²) in [5.74, 6) is 1.19. The number of carbonyl (C=O) groups excluding carboxylic acids is 1. The van der Waals surface area contributed by atoms with Gasteiger partial charge in [-0.05, 0) is 35.2 Å². The maximum Gasteiger partial charge on any atom is 0.323 e. The average Bonchev–Trinajstić information content (AvgIpc) is 2.85. The summed E-state index contributed by atoms with van der Waals surface area (Å²) in [6, 6.07) is 14.9. The molecule has 8 nitrogen and oxygen atoms in total. The molecule has 1 aliphatic rings. The maximum absolute atomic E-state index is 13.2. The first-order valence-electron chi connectivity index (χ1n) is 12.3. The van der Waals surface area contributed by atoms with Crippen LogP contribution >= 0.6 is 0 Å². The first-order valence-corrected chi connectivity index (χ1v) is 13.9. The molecule has 0 bridgehead atoms. The third-order valence-corrected chi connectivity index (χ3v) is 6.76. The minimum Gasteiger partial charge on any atom is -0.492 e. The Labute approximate surface area is 220 Å². The molecule has 3 N–H and O–H groups in total. The van der Waals surface area contributed by atoms with Crippen molar-refractivity contribution < 1.29 is 23.2 Å². The fourth-order valence-electron chi connectivity index (χ4n) is 4.34. The summed E-state index contributed by atoms with van der Waals surface area (Å²) in [5.41, 5.74) is 2.43. The Morgan fingerprint density at radius 3 is 2.27 bits per heavy atom. The van der Waals surface area contributed by atoms with E-state index in [1.54, 1.807) is 6.26 Å². The summed E-state index contributed by atoms with van der Waals surface area (Å²) in [4.78, 5) is 13.2. The number of nitrogens with one attached hydrogen (secondary N) is 3. The van der Waals surface area contributed by atoms with Crippen molar-refractivity contribution in [2.45, 2.75) is 45.1 Å². The van der Waals surface area contributed by atoms with Gasteiger partial charge in [-0.3, -0.25) is 0 Å². The van der Waals surface area contributed by atoms with Crippen molar-refractivity contribution >= 4 is 44.9 Å². The molecule has 0 radical (unpaired) electrons. The van der Waals surface area contributed by atoms with Crippen molar-refractivity contribution in [3.8, 4) is 11.5 Å². The van der Waals surface area contributed by atoms with Gasteiger partial charge < -0.3 is 29.6 Å². The molecule has 9 heteroatoms. The number of fused-ring (bicyclic) bond motifs is 1. The summed E-state index contributed by atoms with van der Waals surface area (Å²) >= 11 is 0. The molecule has 4 rings (SSSR count). The Balaban J connectivity index is 1.61.